The third-order valence-corrected chi connectivity index (χ3v) is 4.28. The van der Waals surface area contributed by atoms with Crippen LogP contribution >= 0.6 is 0 Å². The summed E-state index contributed by atoms with van der Waals surface area (Å²) in [5, 5.41) is 20.7. The molecule has 1 aromatic rings. The molecule has 0 radical (unpaired) electrons. The van der Waals surface area contributed by atoms with E-state index in [1.807, 2.05) is 19.1 Å². The van der Waals surface area contributed by atoms with Crippen LogP contribution in [0, 0.1) is 27.9 Å². The van der Waals surface area contributed by atoms with Crippen LogP contribution in [0.3, 0.4) is 0 Å². The fourth-order valence-electron chi connectivity index (χ4n) is 3.20. The zero-order valence-corrected chi connectivity index (χ0v) is 11.8. The first-order chi connectivity index (χ1) is 10.4. The Bertz CT molecular complexity index is 712. The summed E-state index contributed by atoms with van der Waals surface area (Å²) in [4.78, 5) is 36.1. The van der Waals surface area contributed by atoms with Crippen LogP contribution in [-0.4, -0.2) is 21.8 Å². The van der Waals surface area contributed by atoms with E-state index in [9.17, 15) is 24.8 Å². The molecule has 3 rings (SSSR count). The predicted octanol–water partition coefficient (Wildman–Crippen LogP) is 2.00. The number of anilines is 1. The SMILES string of the molecule is C[C@@H]1C=CC[C@@H]2C(=O)N(c3ccc([N+](=O)[O-])cc3O)C(=O)[C@H]12. The number of amides is 2. The highest BCUT2D eigenvalue weighted by molar-refractivity contribution is 6.23. The number of fused-ring (bicyclic) bond motifs is 1. The number of allylic oxidation sites excluding steroid dienone is 2. The van der Waals surface area contributed by atoms with Crippen molar-refractivity contribution < 1.29 is 19.6 Å². The van der Waals surface area contributed by atoms with E-state index in [2.05, 4.69) is 0 Å². The highest BCUT2D eigenvalue weighted by Crippen LogP contribution is 2.43. The number of hydrogen-bond acceptors (Lipinski definition) is 5. The maximum absolute atomic E-state index is 12.6. The molecule has 1 N–H and O–H groups in total. The molecule has 7 heteroatoms. The zero-order valence-electron chi connectivity index (χ0n) is 11.8. The summed E-state index contributed by atoms with van der Waals surface area (Å²) >= 11 is 0. The molecule has 1 heterocycles. The number of benzene rings is 1. The molecule has 1 saturated heterocycles. The monoisotopic (exact) mass is 302 g/mol. The van der Waals surface area contributed by atoms with Gasteiger partial charge in [0.2, 0.25) is 11.8 Å². The largest absolute Gasteiger partial charge is 0.505 e. The summed E-state index contributed by atoms with van der Waals surface area (Å²) in [6.45, 7) is 1.87. The number of rotatable bonds is 2. The Hall–Kier alpha value is -2.70. The molecule has 1 aromatic carbocycles. The van der Waals surface area contributed by atoms with Crippen molar-refractivity contribution in [1.82, 2.24) is 0 Å². The zero-order chi connectivity index (χ0) is 16.0. The molecule has 1 aliphatic carbocycles. The van der Waals surface area contributed by atoms with Gasteiger partial charge in [-0.15, -0.1) is 0 Å². The van der Waals surface area contributed by atoms with Crippen molar-refractivity contribution in [3.05, 3.63) is 40.5 Å². The molecule has 2 amide bonds. The second kappa shape index (κ2) is 4.94. The van der Waals surface area contributed by atoms with Crippen LogP contribution in [0.5, 0.6) is 5.75 Å². The summed E-state index contributed by atoms with van der Waals surface area (Å²) in [5.74, 6) is -2.10. The predicted molar refractivity (Wildman–Crippen MR) is 77.2 cm³/mol. The van der Waals surface area contributed by atoms with Gasteiger partial charge in [-0.2, -0.15) is 0 Å². The van der Waals surface area contributed by atoms with Crippen molar-refractivity contribution in [3.8, 4) is 5.75 Å². The van der Waals surface area contributed by atoms with Crippen molar-refractivity contribution in [2.45, 2.75) is 13.3 Å². The molecule has 1 aliphatic heterocycles. The van der Waals surface area contributed by atoms with Gasteiger partial charge in [0.05, 0.1) is 28.5 Å². The lowest BCUT2D eigenvalue weighted by molar-refractivity contribution is -0.384. The van der Waals surface area contributed by atoms with Crippen molar-refractivity contribution >= 4 is 23.2 Å². The van der Waals surface area contributed by atoms with Crippen LogP contribution in [0.15, 0.2) is 30.4 Å². The lowest BCUT2D eigenvalue weighted by Crippen LogP contribution is -2.31. The third kappa shape index (κ3) is 1.97. The van der Waals surface area contributed by atoms with Crippen LogP contribution < -0.4 is 4.90 Å². The number of nitrogens with zero attached hydrogens (tertiary/aromatic N) is 2. The molecule has 7 nitrogen and oxygen atoms in total. The van der Waals surface area contributed by atoms with Gasteiger partial charge in [-0.05, 0) is 18.4 Å². The summed E-state index contributed by atoms with van der Waals surface area (Å²) in [5.41, 5.74) is -0.296. The highest BCUT2D eigenvalue weighted by Gasteiger charge is 2.51. The molecule has 114 valence electrons. The van der Waals surface area contributed by atoms with Gasteiger partial charge >= 0.3 is 0 Å². The number of carbonyl (C=O) groups is 2. The topological polar surface area (TPSA) is 101 Å². The van der Waals surface area contributed by atoms with Crippen LogP contribution in [0.1, 0.15) is 13.3 Å². The number of imide groups is 1. The minimum atomic E-state index is -0.650. The Morgan fingerprint density at radius 3 is 2.64 bits per heavy atom. The van der Waals surface area contributed by atoms with E-state index in [1.165, 1.54) is 12.1 Å². The van der Waals surface area contributed by atoms with Crippen LogP contribution in [0.4, 0.5) is 11.4 Å². The number of phenols is 1. The fourth-order valence-corrected chi connectivity index (χ4v) is 3.20. The minimum absolute atomic E-state index is 0.00204. The fraction of sp³-hybridized carbons (Fsp3) is 0.333. The van der Waals surface area contributed by atoms with Crippen LogP contribution in [-0.2, 0) is 9.59 Å². The van der Waals surface area contributed by atoms with Gasteiger partial charge in [0, 0.05) is 6.07 Å². The molecule has 1 fully saturated rings. The van der Waals surface area contributed by atoms with Crippen molar-refractivity contribution in [3.63, 3.8) is 0 Å². The van der Waals surface area contributed by atoms with E-state index < -0.39 is 22.5 Å². The molecule has 0 saturated carbocycles. The smallest absolute Gasteiger partial charge is 0.273 e. The normalized spacial score (nSPS) is 27.1. The van der Waals surface area contributed by atoms with Gasteiger partial charge in [-0.1, -0.05) is 19.1 Å². The summed E-state index contributed by atoms with van der Waals surface area (Å²) in [6.07, 6.45) is 4.28. The van der Waals surface area contributed by atoms with Gasteiger partial charge in [0.15, 0.2) is 0 Å². The molecular formula is C15H14N2O5. The standard InChI is InChI=1S/C15H14N2O5/c1-8-3-2-4-10-13(8)15(20)16(14(10)19)11-6-5-9(17(21)22)7-12(11)18/h2-3,5-8,10,13,18H,4H2,1H3/t8-,10+,13-/m1/s1. The summed E-state index contributed by atoms with van der Waals surface area (Å²) in [6, 6.07) is 3.34. The molecule has 0 aromatic heterocycles. The molecule has 3 atom stereocenters. The molecule has 22 heavy (non-hydrogen) atoms. The average molecular weight is 302 g/mol. The second-order valence-corrected chi connectivity index (χ2v) is 5.60. The Kier molecular flexibility index (Phi) is 3.20. The highest BCUT2D eigenvalue weighted by atomic mass is 16.6. The minimum Gasteiger partial charge on any atom is -0.505 e. The number of carbonyl (C=O) groups excluding carboxylic acids is 2. The maximum Gasteiger partial charge on any atom is 0.273 e. The number of phenolic OH excluding ortho intramolecular Hbond substituents is 1. The molecular weight excluding hydrogens is 288 g/mol. The van der Waals surface area contributed by atoms with Gasteiger partial charge in [-0.25, -0.2) is 4.90 Å². The van der Waals surface area contributed by atoms with E-state index >= 15 is 0 Å². The van der Waals surface area contributed by atoms with Gasteiger partial charge in [0.1, 0.15) is 5.75 Å². The Morgan fingerprint density at radius 1 is 1.32 bits per heavy atom. The number of hydrogen-bond donors (Lipinski definition) is 1. The van der Waals surface area contributed by atoms with E-state index in [0.717, 1.165) is 11.0 Å². The Labute approximate surface area is 126 Å². The molecule has 0 unspecified atom stereocenters. The lowest BCUT2D eigenvalue weighted by atomic mass is 9.78. The number of aromatic hydroxyl groups is 1. The van der Waals surface area contributed by atoms with Crippen molar-refractivity contribution in [2.75, 3.05) is 4.90 Å². The van der Waals surface area contributed by atoms with E-state index in [0.29, 0.717) is 6.42 Å². The Morgan fingerprint density at radius 2 is 2.05 bits per heavy atom. The van der Waals surface area contributed by atoms with Gasteiger partial charge in [-0.3, -0.25) is 19.7 Å². The Balaban J connectivity index is 2.01. The van der Waals surface area contributed by atoms with Crippen molar-refractivity contribution in [1.29, 1.82) is 0 Å². The molecule has 0 bridgehead atoms. The van der Waals surface area contributed by atoms with Crippen LogP contribution in [0.2, 0.25) is 0 Å². The first-order valence-electron chi connectivity index (χ1n) is 6.93. The average Bonchev–Trinajstić information content (AvgIpc) is 2.72. The first kappa shape index (κ1) is 14.2. The summed E-state index contributed by atoms with van der Waals surface area (Å²) in [7, 11) is 0. The number of nitro groups is 1. The van der Waals surface area contributed by atoms with Crippen molar-refractivity contribution in [2.24, 2.45) is 17.8 Å². The molecule has 0 spiro atoms. The van der Waals surface area contributed by atoms with Gasteiger partial charge in [0.25, 0.3) is 5.69 Å². The number of nitro benzene ring substituents is 1. The second-order valence-electron chi connectivity index (χ2n) is 5.60. The third-order valence-electron chi connectivity index (χ3n) is 4.28. The summed E-state index contributed by atoms with van der Waals surface area (Å²) < 4.78 is 0. The lowest BCUT2D eigenvalue weighted by Gasteiger charge is -2.22. The first-order valence-corrected chi connectivity index (χ1v) is 6.93. The van der Waals surface area contributed by atoms with Crippen LogP contribution in [0.25, 0.3) is 0 Å². The number of non-ortho nitro benzene ring substituents is 1. The van der Waals surface area contributed by atoms with E-state index in [1.54, 1.807) is 0 Å². The van der Waals surface area contributed by atoms with E-state index in [-0.39, 0.29) is 29.1 Å². The quantitative estimate of drug-likeness (QED) is 0.390. The maximum atomic E-state index is 12.6. The van der Waals surface area contributed by atoms with E-state index in [4.69, 9.17) is 0 Å². The van der Waals surface area contributed by atoms with Gasteiger partial charge < -0.3 is 5.11 Å². The molecule has 2 aliphatic rings.